The van der Waals surface area contributed by atoms with Crippen molar-refractivity contribution in [1.29, 1.82) is 0 Å². The highest BCUT2D eigenvalue weighted by Crippen LogP contribution is 2.43. The number of benzene rings is 1. The minimum Gasteiger partial charge on any atom is -0.387 e. The molecule has 1 aliphatic carbocycles. The van der Waals surface area contributed by atoms with Crippen LogP contribution in [0.15, 0.2) is 24.3 Å². The fourth-order valence-electron chi connectivity index (χ4n) is 3.31. The Morgan fingerprint density at radius 1 is 1.42 bits per heavy atom. The summed E-state index contributed by atoms with van der Waals surface area (Å²) < 4.78 is 0. The summed E-state index contributed by atoms with van der Waals surface area (Å²) in [5.41, 5.74) is 2.90. The number of rotatable bonds is 4. The number of aliphatic hydroxyl groups excluding tert-OH is 1. The fourth-order valence-corrected chi connectivity index (χ4v) is 3.31. The van der Waals surface area contributed by atoms with Crippen LogP contribution in [0.4, 0.5) is 0 Å². The van der Waals surface area contributed by atoms with Crippen molar-refractivity contribution in [1.82, 2.24) is 5.32 Å². The van der Waals surface area contributed by atoms with Crippen molar-refractivity contribution < 1.29 is 5.11 Å². The molecule has 1 aliphatic rings. The van der Waals surface area contributed by atoms with Crippen LogP contribution in [0.3, 0.4) is 0 Å². The Balaban J connectivity index is 2.14. The predicted octanol–water partition coefficient (Wildman–Crippen LogP) is 3.62. The van der Waals surface area contributed by atoms with E-state index in [1.807, 2.05) is 13.1 Å². The molecule has 1 saturated carbocycles. The molecule has 106 valence electrons. The average molecular weight is 261 g/mol. The quantitative estimate of drug-likeness (QED) is 0.867. The summed E-state index contributed by atoms with van der Waals surface area (Å²) in [4.78, 5) is 0. The number of aliphatic hydroxyl groups is 1. The lowest BCUT2D eigenvalue weighted by molar-refractivity contribution is 0.177. The van der Waals surface area contributed by atoms with Crippen LogP contribution < -0.4 is 5.32 Å². The van der Waals surface area contributed by atoms with Crippen molar-refractivity contribution in [2.24, 2.45) is 5.41 Å². The normalized spacial score (nSPS) is 24.1. The summed E-state index contributed by atoms with van der Waals surface area (Å²) in [6.07, 6.45) is 4.81. The maximum atomic E-state index is 10.1. The van der Waals surface area contributed by atoms with Gasteiger partial charge in [-0.1, -0.05) is 44.5 Å². The van der Waals surface area contributed by atoms with E-state index < -0.39 is 6.10 Å². The molecule has 0 heterocycles. The van der Waals surface area contributed by atoms with E-state index in [1.54, 1.807) is 0 Å². The Labute approximate surface area is 117 Å². The Morgan fingerprint density at radius 2 is 2.21 bits per heavy atom. The van der Waals surface area contributed by atoms with Gasteiger partial charge in [0.2, 0.25) is 0 Å². The van der Waals surface area contributed by atoms with Crippen LogP contribution in [-0.4, -0.2) is 18.7 Å². The van der Waals surface area contributed by atoms with E-state index in [2.05, 4.69) is 37.4 Å². The van der Waals surface area contributed by atoms with E-state index in [0.717, 1.165) is 5.56 Å². The second-order valence-electron chi connectivity index (χ2n) is 6.70. The lowest BCUT2D eigenvalue weighted by Gasteiger charge is -2.35. The van der Waals surface area contributed by atoms with Gasteiger partial charge in [0.25, 0.3) is 0 Å². The zero-order valence-electron chi connectivity index (χ0n) is 12.4. The van der Waals surface area contributed by atoms with Crippen LogP contribution in [-0.2, 0) is 0 Å². The first kappa shape index (κ1) is 14.5. The lowest BCUT2D eigenvalue weighted by atomic mass is 9.70. The van der Waals surface area contributed by atoms with Crippen LogP contribution >= 0.6 is 0 Å². The average Bonchev–Trinajstić information content (AvgIpc) is 2.38. The topological polar surface area (TPSA) is 32.3 Å². The fraction of sp³-hybridized carbons (Fsp3) is 0.647. The zero-order valence-corrected chi connectivity index (χ0v) is 12.4. The molecular weight excluding hydrogens is 234 g/mol. The van der Waals surface area contributed by atoms with Crippen LogP contribution in [0.1, 0.15) is 62.7 Å². The third-order valence-electron chi connectivity index (χ3n) is 4.37. The van der Waals surface area contributed by atoms with Gasteiger partial charge in [-0.15, -0.1) is 0 Å². The van der Waals surface area contributed by atoms with Gasteiger partial charge in [-0.05, 0) is 48.8 Å². The van der Waals surface area contributed by atoms with Crippen LogP contribution in [0.2, 0.25) is 0 Å². The minimum atomic E-state index is -0.401. The van der Waals surface area contributed by atoms with Crippen LogP contribution in [0.25, 0.3) is 0 Å². The molecule has 0 aromatic heterocycles. The standard InChI is InChI=1S/C17H27NO/c1-17(2)9-5-8-15(11-17)13-6-4-7-14(10-13)16(19)12-18-3/h4,6-7,10,15-16,18-19H,5,8-9,11-12H2,1-3H3. The second kappa shape index (κ2) is 6.06. The molecule has 2 atom stereocenters. The number of nitrogens with one attached hydrogen (secondary N) is 1. The smallest absolute Gasteiger partial charge is 0.0914 e. The molecule has 0 radical (unpaired) electrons. The maximum absolute atomic E-state index is 10.1. The lowest BCUT2D eigenvalue weighted by Crippen LogP contribution is -2.22. The molecule has 2 unspecified atom stereocenters. The molecule has 2 nitrogen and oxygen atoms in total. The van der Waals surface area contributed by atoms with Gasteiger partial charge < -0.3 is 10.4 Å². The van der Waals surface area contributed by atoms with Gasteiger partial charge in [0.1, 0.15) is 0 Å². The third-order valence-corrected chi connectivity index (χ3v) is 4.37. The highest BCUT2D eigenvalue weighted by atomic mass is 16.3. The predicted molar refractivity (Wildman–Crippen MR) is 80.3 cm³/mol. The number of hydrogen-bond acceptors (Lipinski definition) is 2. The Hall–Kier alpha value is -0.860. The van der Waals surface area contributed by atoms with Crippen LogP contribution in [0.5, 0.6) is 0 Å². The van der Waals surface area contributed by atoms with Crippen molar-refractivity contribution in [2.45, 2.75) is 51.6 Å². The summed E-state index contributed by atoms with van der Waals surface area (Å²) in [5.74, 6) is 0.658. The molecule has 0 aliphatic heterocycles. The van der Waals surface area contributed by atoms with Gasteiger partial charge in [0.15, 0.2) is 0 Å². The SMILES string of the molecule is CNCC(O)c1cccc(C2CCCC(C)(C)C2)c1. The Morgan fingerprint density at radius 3 is 2.89 bits per heavy atom. The largest absolute Gasteiger partial charge is 0.387 e. The molecule has 1 aromatic rings. The Bertz CT molecular complexity index is 413. The highest BCUT2D eigenvalue weighted by Gasteiger charge is 2.28. The molecule has 2 heteroatoms. The van der Waals surface area contributed by atoms with Gasteiger partial charge in [-0.2, -0.15) is 0 Å². The van der Waals surface area contributed by atoms with Gasteiger partial charge in [0, 0.05) is 6.54 Å². The molecule has 2 N–H and O–H groups in total. The third kappa shape index (κ3) is 3.80. The van der Waals surface area contributed by atoms with Gasteiger partial charge >= 0.3 is 0 Å². The summed E-state index contributed by atoms with van der Waals surface area (Å²) in [5, 5.41) is 13.1. The summed E-state index contributed by atoms with van der Waals surface area (Å²) in [6, 6.07) is 8.54. The van der Waals surface area contributed by atoms with E-state index >= 15 is 0 Å². The summed E-state index contributed by atoms with van der Waals surface area (Å²) in [6.45, 7) is 5.36. The van der Waals surface area contributed by atoms with Crippen molar-refractivity contribution in [3.63, 3.8) is 0 Å². The molecule has 1 aromatic carbocycles. The molecule has 0 saturated heterocycles. The van der Waals surface area contributed by atoms with E-state index in [4.69, 9.17) is 0 Å². The zero-order chi connectivity index (χ0) is 13.9. The first-order valence-corrected chi connectivity index (χ1v) is 7.44. The molecule has 1 fully saturated rings. The highest BCUT2D eigenvalue weighted by molar-refractivity contribution is 5.28. The second-order valence-corrected chi connectivity index (χ2v) is 6.70. The minimum absolute atomic E-state index is 0.401. The monoisotopic (exact) mass is 261 g/mol. The van der Waals surface area contributed by atoms with Gasteiger partial charge in [-0.25, -0.2) is 0 Å². The number of hydrogen-bond donors (Lipinski definition) is 2. The first-order valence-electron chi connectivity index (χ1n) is 7.44. The summed E-state index contributed by atoms with van der Waals surface area (Å²) in [7, 11) is 1.87. The molecule has 0 amide bonds. The van der Waals surface area contributed by atoms with Gasteiger partial charge in [-0.3, -0.25) is 0 Å². The molecule has 2 rings (SSSR count). The van der Waals surface area contributed by atoms with E-state index in [0.29, 0.717) is 17.9 Å². The maximum Gasteiger partial charge on any atom is 0.0914 e. The molecular formula is C17H27NO. The van der Waals surface area contributed by atoms with E-state index in [9.17, 15) is 5.11 Å². The van der Waals surface area contributed by atoms with Crippen LogP contribution in [0, 0.1) is 5.41 Å². The summed E-state index contributed by atoms with van der Waals surface area (Å²) >= 11 is 0. The van der Waals surface area contributed by atoms with Crippen molar-refractivity contribution >= 4 is 0 Å². The number of likely N-dealkylation sites (N-methyl/N-ethyl adjacent to an activating group) is 1. The van der Waals surface area contributed by atoms with Crippen molar-refractivity contribution in [2.75, 3.05) is 13.6 Å². The van der Waals surface area contributed by atoms with Crippen molar-refractivity contribution in [3.05, 3.63) is 35.4 Å². The first-order chi connectivity index (χ1) is 9.02. The van der Waals surface area contributed by atoms with E-state index in [1.165, 1.54) is 31.2 Å². The van der Waals surface area contributed by atoms with E-state index in [-0.39, 0.29) is 0 Å². The molecule has 0 bridgehead atoms. The van der Waals surface area contributed by atoms with Crippen molar-refractivity contribution in [3.8, 4) is 0 Å². The van der Waals surface area contributed by atoms with Gasteiger partial charge in [0.05, 0.1) is 6.10 Å². The Kier molecular flexibility index (Phi) is 4.64. The molecule has 0 spiro atoms. The molecule has 19 heavy (non-hydrogen) atoms.